The van der Waals surface area contributed by atoms with Crippen LogP contribution in [-0.4, -0.2) is 11.4 Å². The molecule has 0 spiro atoms. The lowest BCUT2D eigenvalue weighted by Crippen LogP contribution is -2.40. The van der Waals surface area contributed by atoms with Gasteiger partial charge in [-0.3, -0.25) is 0 Å². The minimum atomic E-state index is -4.35. The third-order valence-electron chi connectivity index (χ3n) is 4.75. The summed E-state index contributed by atoms with van der Waals surface area (Å²) < 4.78 is 41.6. The first-order valence-corrected chi connectivity index (χ1v) is 8.51. The summed E-state index contributed by atoms with van der Waals surface area (Å²) in [6.45, 7) is 2.15. The number of aromatic nitrogens is 1. The number of nitrogens with zero attached hydrogens (tertiary/aromatic N) is 2. The first kappa shape index (κ1) is 16.6. The molecule has 0 atom stereocenters. The van der Waals surface area contributed by atoms with Crippen LogP contribution in [-0.2, 0) is 19.3 Å². The Morgan fingerprint density at radius 3 is 2.65 bits per heavy atom. The van der Waals surface area contributed by atoms with Gasteiger partial charge >= 0.3 is 6.18 Å². The highest BCUT2D eigenvalue weighted by atomic mass is 19.4. The van der Waals surface area contributed by atoms with Crippen molar-refractivity contribution in [3.63, 3.8) is 0 Å². The zero-order valence-electron chi connectivity index (χ0n) is 14.1. The van der Waals surface area contributed by atoms with E-state index >= 15 is 0 Å². The largest absolute Gasteiger partial charge is 0.417 e. The molecule has 1 aliphatic rings. The van der Waals surface area contributed by atoms with Crippen LogP contribution in [0.4, 0.5) is 13.2 Å². The molecule has 26 heavy (non-hydrogen) atoms. The Kier molecular flexibility index (Phi) is 4.15. The molecule has 1 aliphatic heterocycles. The number of pyridine rings is 1. The van der Waals surface area contributed by atoms with Crippen LogP contribution in [0.5, 0.6) is 0 Å². The SMILES string of the molecule is FC(F)(F)c1cccc2c1ccc[n+]2CCN1C=Cc2ccccc2C1. The second-order valence-corrected chi connectivity index (χ2v) is 6.42. The van der Waals surface area contributed by atoms with Gasteiger partial charge in [-0.2, -0.15) is 17.7 Å². The fraction of sp³-hybridized carbons (Fsp3) is 0.190. The molecule has 5 heteroatoms. The Morgan fingerprint density at radius 1 is 0.962 bits per heavy atom. The number of halogens is 3. The van der Waals surface area contributed by atoms with E-state index in [1.807, 2.05) is 22.9 Å². The lowest BCUT2D eigenvalue weighted by molar-refractivity contribution is -0.670. The van der Waals surface area contributed by atoms with E-state index in [0.29, 0.717) is 12.1 Å². The van der Waals surface area contributed by atoms with Crippen LogP contribution in [0.2, 0.25) is 0 Å². The molecule has 2 heterocycles. The number of hydrogen-bond donors (Lipinski definition) is 0. The first-order valence-electron chi connectivity index (χ1n) is 8.51. The molecule has 0 amide bonds. The minimum absolute atomic E-state index is 0.238. The molecule has 0 bridgehead atoms. The van der Waals surface area contributed by atoms with Crippen molar-refractivity contribution in [3.8, 4) is 0 Å². The maximum atomic E-state index is 13.2. The van der Waals surface area contributed by atoms with Gasteiger partial charge in [-0.15, -0.1) is 0 Å². The molecule has 132 valence electrons. The Balaban J connectivity index is 1.57. The van der Waals surface area contributed by atoms with Crippen molar-refractivity contribution in [1.82, 2.24) is 4.90 Å². The van der Waals surface area contributed by atoms with Gasteiger partial charge in [0.2, 0.25) is 5.52 Å². The molecule has 2 aromatic carbocycles. The fourth-order valence-electron chi connectivity index (χ4n) is 3.43. The summed E-state index contributed by atoms with van der Waals surface area (Å²) in [5.74, 6) is 0. The summed E-state index contributed by atoms with van der Waals surface area (Å²) in [7, 11) is 0. The molecule has 1 aromatic heterocycles. The van der Waals surface area contributed by atoms with E-state index in [9.17, 15) is 13.2 Å². The predicted octanol–water partition coefficient (Wildman–Crippen LogP) is 4.63. The Hall–Kier alpha value is -2.82. The zero-order valence-corrected chi connectivity index (χ0v) is 14.1. The van der Waals surface area contributed by atoms with Gasteiger partial charge in [0.15, 0.2) is 12.7 Å². The third kappa shape index (κ3) is 3.17. The third-order valence-corrected chi connectivity index (χ3v) is 4.75. The molecule has 0 radical (unpaired) electrons. The second kappa shape index (κ2) is 6.48. The summed E-state index contributed by atoms with van der Waals surface area (Å²) in [6.07, 6.45) is 1.62. The average Bonchev–Trinajstić information content (AvgIpc) is 2.65. The van der Waals surface area contributed by atoms with E-state index in [2.05, 4.69) is 29.3 Å². The van der Waals surface area contributed by atoms with Gasteiger partial charge < -0.3 is 4.90 Å². The number of fused-ring (bicyclic) bond motifs is 2. The van der Waals surface area contributed by atoms with Gasteiger partial charge in [-0.05, 0) is 29.3 Å². The average molecular weight is 355 g/mol. The smallest absolute Gasteiger partial charge is 0.367 e. The molecule has 2 nitrogen and oxygen atoms in total. The molecular weight excluding hydrogens is 337 g/mol. The van der Waals surface area contributed by atoms with Gasteiger partial charge in [0.1, 0.15) is 0 Å². The van der Waals surface area contributed by atoms with E-state index < -0.39 is 11.7 Å². The highest BCUT2D eigenvalue weighted by molar-refractivity contribution is 5.80. The van der Waals surface area contributed by atoms with Crippen LogP contribution in [0, 0.1) is 0 Å². The summed E-state index contributed by atoms with van der Waals surface area (Å²) in [5, 5.41) is 0.238. The van der Waals surface area contributed by atoms with Crippen molar-refractivity contribution in [3.05, 3.63) is 83.7 Å². The molecule has 0 aliphatic carbocycles. The van der Waals surface area contributed by atoms with Crippen molar-refractivity contribution in [2.24, 2.45) is 0 Å². The van der Waals surface area contributed by atoms with E-state index in [1.165, 1.54) is 23.3 Å². The standard InChI is InChI=1S/C21H18F3N2/c22-21(23,24)19-8-3-9-20-18(19)7-4-11-26(20)14-13-25-12-10-16-5-1-2-6-17(16)15-25/h1-12H,13-15H2/q+1. The summed E-state index contributed by atoms with van der Waals surface area (Å²) >= 11 is 0. The first-order chi connectivity index (χ1) is 12.5. The highest BCUT2D eigenvalue weighted by Gasteiger charge is 2.33. The van der Waals surface area contributed by atoms with E-state index in [1.54, 1.807) is 12.1 Å². The molecule has 0 saturated carbocycles. The molecular formula is C21H18F3N2+. The number of rotatable bonds is 3. The van der Waals surface area contributed by atoms with E-state index in [0.717, 1.165) is 19.2 Å². The van der Waals surface area contributed by atoms with Crippen molar-refractivity contribution in [2.45, 2.75) is 19.3 Å². The van der Waals surface area contributed by atoms with Crippen molar-refractivity contribution >= 4 is 17.0 Å². The quantitative estimate of drug-likeness (QED) is 0.621. The molecule has 0 fully saturated rings. The Labute approximate surface area is 149 Å². The van der Waals surface area contributed by atoms with E-state index in [-0.39, 0.29) is 5.39 Å². The Morgan fingerprint density at radius 2 is 1.81 bits per heavy atom. The summed E-state index contributed by atoms with van der Waals surface area (Å²) in [6, 6.07) is 15.8. The zero-order chi connectivity index (χ0) is 18.1. The summed E-state index contributed by atoms with van der Waals surface area (Å²) in [5.41, 5.74) is 2.49. The lowest BCUT2D eigenvalue weighted by atomic mass is 10.0. The van der Waals surface area contributed by atoms with Gasteiger partial charge in [0, 0.05) is 24.9 Å². The molecule has 4 rings (SSSR count). The second-order valence-electron chi connectivity index (χ2n) is 6.42. The number of benzene rings is 2. The molecule has 0 saturated heterocycles. The van der Waals surface area contributed by atoms with Gasteiger partial charge in [0.25, 0.3) is 0 Å². The van der Waals surface area contributed by atoms with Crippen LogP contribution in [0.3, 0.4) is 0 Å². The monoisotopic (exact) mass is 355 g/mol. The van der Waals surface area contributed by atoms with Gasteiger partial charge in [-0.25, -0.2) is 0 Å². The van der Waals surface area contributed by atoms with Crippen molar-refractivity contribution in [1.29, 1.82) is 0 Å². The molecule has 0 unspecified atom stereocenters. The maximum absolute atomic E-state index is 13.2. The van der Waals surface area contributed by atoms with Crippen molar-refractivity contribution < 1.29 is 17.7 Å². The predicted molar refractivity (Wildman–Crippen MR) is 95.0 cm³/mol. The van der Waals surface area contributed by atoms with Crippen molar-refractivity contribution in [2.75, 3.05) is 6.54 Å². The summed E-state index contributed by atoms with van der Waals surface area (Å²) in [4.78, 5) is 2.18. The number of hydrogen-bond acceptors (Lipinski definition) is 1. The Bertz CT molecular complexity index is 976. The highest BCUT2D eigenvalue weighted by Crippen LogP contribution is 2.33. The van der Waals surface area contributed by atoms with Gasteiger partial charge in [0.05, 0.1) is 17.5 Å². The fourth-order valence-corrected chi connectivity index (χ4v) is 3.43. The van der Waals surface area contributed by atoms with Crippen LogP contribution in [0.25, 0.3) is 17.0 Å². The topological polar surface area (TPSA) is 7.12 Å². The van der Waals surface area contributed by atoms with Crippen LogP contribution in [0.15, 0.2) is 67.0 Å². The van der Waals surface area contributed by atoms with Crippen LogP contribution < -0.4 is 4.57 Å². The van der Waals surface area contributed by atoms with Crippen LogP contribution >= 0.6 is 0 Å². The lowest BCUT2D eigenvalue weighted by Gasteiger charge is -2.24. The number of alkyl halides is 3. The molecule has 3 aromatic rings. The maximum Gasteiger partial charge on any atom is 0.417 e. The minimum Gasteiger partial charge on any atom is -0.367 e. The van der Waals surface area contributed by atoms with Gasteiger partial charge in [-0.1, -0.05) is 30.3 Å². The van der Waals surface area contributed by atoms with E-state index in [4.69, 9.17) is 0 Å². The molecule has 0 N–H and O–H groups in total. The van der Waals surface area contributed by atoms with Crippen LogP contribution in [0.1, 0.15) is 16.7 Å². The normalized spacial score (nSPS) is 13.9.